The SMILES string of the molecule is CCCCCCCCCCCCCCCCCCC/C=C/C(O)C(COC1OC(CO)C(O)C(O)C1O)NC(=O)CCCCCCCCCCCCCCCCCCCCCCCCCCCCC. The third-order valence-electron chi connectivity index (χ3n) is 14.9. The Morgan fingerprint density at radius 1 is 0.478 bits per heavy atom. The molecule has 0 radical (unpaired) electrons. The lowest BCUT2D eigenvalue weighted by Gasteiger charge is -2.40. The Morgan fingerprint density at radius 2 is 0.797 bits per heavy atom. The normalized spacial score (nSPS) is 19.4. The molecule has 1 rings (SSSR count). The zero-order valence-corrected chi connectivity index (χ0v) is 45.6. The topological polar surface area (TPSA) is 149 Å². The molecule has 1 aliphatic heterocycles. The van der Waals surface area contributed by atoms with Gasteiger partial charge in [0.2, 0.25) is 5.91 Å². The van der Waals surface area contributed by atoms with Gasteiger partial charge >= 0.3 is 0 Å². The van der Waals surface area contributed by atoms with Crippen LogP contribution in [0.4, 0.5) is 0 Å². The molecule has 1 heterocycles. The van der Waals surface area contributed by atoms with Crippen molar-refractivity contribution in [2.75, 3.05) is 13.2 Å². The van der Waals surface area contributed by atoms with E-state index < -0.39 is 49.5 Å². The Labute approximate surface area is 426 Å². The van der Waals surface area contributed by atoms with Crippen LogP contribution < -0.4 is 5.32 Å². The average Bonchev–Trinajstić information content (AvgIpc) is 3.35. The number of aliphatic hydroxyl groups is 5. The van der Waals surface area contributed by atoms with Crippen molar-refractivity contribution in [3.63, 3.8) is 0 Å². The highest BCUT2D eigenvalue weighted by Gasteiger charge is 2.44. The van der Waals surface area contributed by atoms with Gasteiger partial charge in [-0.05, 0) is 19.3 Å². The number of allylic oxidation sites excluding steroid dienone is 1. The van der Waals surface area contributed by atoms with Crippen molar-refractivity contribution >= 4 is 5.91 Å². The van der Waals surface area contributed by atoms with Crippen LogP contribution in [-0.4, -0.2) is 87.5 Å². The second-order valence-electron chi connectivity index (χ2n) is 21.5. The van der Waals surface area contributed by atoms with Crippen LogP contribution in [0, 0.1) is 0 Å². The molecule has 7 atom stereocenters. The molecule has 0 saturated carbocycles. The molecule has 9 nitrogen and oxygen atoms in total. The van der Waals surface area contributed by atoms with Crippen molar-refractivity contribution in [1.29, 1.82) is 0 Å². The maximum Gasteiger partial charge on any atom is 0.220 e. The lowest BCUT2D eigenvalue weighted by Crippen LogP contribution is -2.60. The van der Waals surface area contributed by atoms with Crippen LogP contribution in [0.15, 0.2) is 12.2 Å². The highest BCUT2D eigenvalue weighted by molar-refractivity contribution is 5.76. The minimum atomic E-state index is -1.56. The molecular formula is C60H117NO8. The fourth-order valence-electron chi connectivity index (χ4n) is 10.0. The van der Waals surface area contributed by atoms with E-state index in [2.05, 4.69) is 19.2 Å². The van der Waals surface area contributed by atoms with Gasteiger partial charge in [-0.25, -0.2) is 0 Å². The molecule has 69 heavy (non-hydrogen) atoms. The summed E-state index contributed by atoms with van der Waals surface area (Å²) in [7, 11) is 0. The Kier molecular flexibility index (Phi) is 48.2. The van der Waals surface area contributed by atoms with Gasteiger partial charge in [-0.3, -0.25) is 4.79 Å². The fourth-order valence-corrected chi connectivity index (χ4v) is 10.0. The molecular weight excluding hydrogens is 863 g/mol. The van der Waals surface area contributed by atoms with Crippen LogP contribution >= 0.6 is 0 Å². The molecule has 0 aliphatic carbocycles. The maximum atomic E-state index is 13.1. The summed E-state index contributed by atoms with van der Waals surface area (Å²) < 4.78 is 11.3. The number of nitrogens with one attached hydrogen (secondary N) is 1. The number of rotatable bonds is 53. The molecule has 0 aromatic carbocycles. The summed E-state index contributed by atoms with van der Waals surface area (Å²) in [5.41, 5.74) is 0. The van der Waals surface area contributed by atoms with Crippen molar-refractivity contribution < 1.29 is 39.8 Å². The molecule has 9 heteroatoms. The van der Waals surface area contributed by atoms with Gasteiger partial charge in [0, 0.05) is 6.42 Å². The van der Waals surface area contributed by atoms with Crippen LogP contribution in [0.5, 0.6) is 0 Å². The van der Waals surface area contributed by atoms with Gasteiger partial charge in [0.25, 0.3) is 0 Å². The summed E-state index contributed by atoms with van der Waals surface area (Å²) in [6.07, 6.45) is 55.7. The summed E-state index contributed by atoms with van der Waals surface area (Å²) >= 11 is 0. The van der Waals surface area contributed by atoms with Crippen molar-refractivity contribution in [3.05, 3.63) is 12.2 Å². The van der Waals surface area contributed by atoms with Gasteiger partial charge in [-0.2, -0.15) is 0 Å². The smallest absolute Gasteiger partial charge is 0.220 e. The van der Waals surface area contributed by atoms with Crippen molar-refractivity contribution in [2.45, 2.75) is 352 Å². The molecule has 0 spiro atoms. The van der Waals surface area contributed by atoms with Crippen molar-refractivity contribution in [2.24, 2.45) is 0 Å². The molecule has 0 bridgehead atoms. The van der Waals surface area contributed by atoms with E-state index in [9.17, 15) is 30.3 Å². The van der Waals surface area contributed by atoms with E-state index in [1.807, 2.05) is 6.08 Å². The van der Waals surface area contributed by atoms with E-state index in [4.69, 9.17) is 9.47 Å². The number of unbranched alkanes of at least 4 members (excludes halogenated alkanes) is 43. The van der Waals surface area contributed by atoms with E-state index in [1.165, 1.54) is 250 Å². The molecule has 1 saturated heterocycles. The van der Waals surface area contributed by atoms with Crippen LogP contribution in [-0.2, 0) is 14.3 Å². The summed E-state index contributed by atoms with van der Waals surface area (Å²) in [6, 6.07) is -0.800. The molecule has 0 aromatic rings. The Balaban J connectivity index is 2.17. The number of carbonyl (C=O) groups excluding carboxylic acids is 1. The van der Waals surface area contributed by atoms with Gasteiger partial charge in [0.05, 0.1) is 25.4 Å². The van der Waals surface area contributed by atoms with E-state index in [0.29, 0.717) is 6.42 Å². The molecule has 1 amide bonds. The Hall–Kier alpha value is -1.07. The average molecular weight is 981 g/mol. The first-order valence-corrected chi connectivity index (χ1v) is 30.4. The second-order valence-corrected chi connectivity index (χ2v) is 21.5. The van der Waals surface area contributed by atoms with Crippen LogP contribution in [0.25, 0.3) is 0 Å². The monoisotopic (exact) mass is 980 g/mol. The lowest BCUT2D eigenvalue weighted by atomic mass is 9.99. The molecule has 410 valence electrons. The predicted molar refractivity (Wildman–Crippen MR) is 291 cm³/mol. The zero-order valence-electron chi connectivity index (χ0n) is 45.6. The Bertz CT molecular complexity index is 1090. The highest BCUT2D eigenvalue weighted by atomic mass is 16.7. The third kappa shape index (κ3) is 40.1. The van der Waals surface area contributed by atoms with Gasteiger partial charge in [0.15, 0.2) is 6.29 Å². The van der Waals surface area contributed by atoms with Crippen LogP contribution in [0.3, 0.4) is 0 Å². The van der Waals surface area contributed by atoms with Gasteiger partial charge in [-0.1, -0.05) is 296 Å². The lowest BCUT2D eigenvalue weighted by molar-refractivity contribution is -0.302. The second kappa shape index (κ2) is 50.5. The summed E-state index contributed by atoms with van der Waals surface area (Å²) in [6.45, 7) is 3.83. The number of hydrogen-bond acceptors (Lipinski definition) is 8. The molecule has 7 unspecified atom stereocenters. The summed E-state index contributed by atoms with van der Waals surface area (Å²) in [5, 5.41) is 54.6. The third-order valence-corrected chi connectivity index (χ3v) is 14.9. The molecule has 6 N–H and O–H groups in total. The first-order valence-electron chi connectivity index (χ1n) is 30.4. The molecule has 0 aromatic heterocycles. The van der Waals surface area contributed by atoms with Gasteiger partial charge in [0.1, 0.15) is 24.4 Å². The van der Waals surface area contributed by atoms with E-state index >= 15 is 0 Å². The fraction of sp³-hybridized carbons (Fsp3) is 0.950. The predicted octanol–water partition coefficient (Wildman–Crippen LogP) is 15.2. The van der Waals surface area contributed by atoms with Crippen molar-refractivity contribution in [3.8, 4) is 0 Å². The number of carbonyl (C=O) groups is 1. The molecule has 1 aliphatic rings. The summed E-state index contributed by atoms with van der Waals surface area (Å²) in [5.74, 6) is -0.169. The largest absolute Gasteiger partial charge is 0.394 e. The van der Waals surface area contributed by atoms with Crippen LogP contribution in [0.1, 0.15) is 309 Å². The minimum absolute atomic E-state index is 0.169. The first-order chi connectivity index (χ1) is 33.8. The number of ether oxygens (including phenoxy) is 2. The standard InChI is InChI=1S/C60H117NO8/c1-3-5-7-9-11-13-15-17-19-21-23-24-25-26-27-28-29-30-32-34-36-38-40-42-44-46-48-50-56(64)61-53(52-68-60-59(67)58(66)57(65)55(51-62)69-60)54(63)49-47-45-43-41-39-37-35-33-31-22-20-18-16-14-12-10-8-6-4-2/h47,49,53-55,57-60,62-63,65-67H,3-46,48,50-52H2,1-2H3,(H,61,64)/b49-47+. The number of aliphatic hydroxyl groups excluding tert-OH is 5. The Morgan fingerprint density at radius 3 is 1.13 bits per heavy atom. The van der Waals surface area contributed by atoms with E-state index in [1.54, 1.807) is 6.08 Å². The quantitative estimate of drug-likeness (QED) is 0.0261. The van der Waals surface area contributed by atoms with E-state index in [0.717, 1.165) is 38.5 Å². The number of hydrogen-bond donors (Lipinski definition) is 6. The van der Waals surface area contributed by atoms with Gasteiger partial charge in [-0.15, -0.1) is 0 Å². The molecule has 1 fully saturated rings. The maximum absolute atomic E-state index is 13.1. The van der Waals surface area contributed by atoms with E-state index in [-0.39, 0.29) is 12.5 Å². The minimum Gasteiger partial charge on any atom is -0.394 e. The summed E-state index contributed by atoms with van der Waals surface area (Å²) in [4.78, 5) is 13.1. The first kappa shape index (κ1) is 65.9. The highest BCUT2D eigenvalue weighted by Crippen LogP contribution is 2.23. The zero-order chi connectivity index (χ0) is 50.1. The van der Waals surface area contributed by atoms with Crippen LogP contribution in [0.2, 0.25) is 0 Å². The number of amides is 1. The van der Waals surface area contributed by atoms with Gasteiger partial charge < -0.3 is 40.3 Å². The van der Waals surface area contributed by atoms with Crippen molar-refractivity contribution in [1.82, 2.24) is 5.32 Å².